The molecule has 3 rings (SSSR count). The number of aromatic nitrogens is 3. The fourth-order valence-corrected chi connectivity index (χ4v) is 2.85. The Balaban J connectivity index is 1.72. The lowest BCUT2D eigenvalue weighted by Gasteiger charge is -2.35. The van der Waals surface area contributed by atoms with Gasteiger partial charge in [0, 0.05) is 6.04 Å². The highest BCUT2D eigenvalue weighted by Crippen LogP contribution is 2.30. The van der Waals surface area contributed by atoms with Crippen LogP contribution < -0.4 is 5.32 Å². The fourth-order valence-electron chi connectivity index (χ4n) is 2.85. The van der Waals surface area contributed by atoms with Crippen molar-refractivity contribution in [2.24, 2.45) is 5.92 Å². The molecule has 1 fully saturated rings. The van der Waals surface area contributed by atoms with Crippen molar-refractivity contribution in [3.8, 4) is 0 Å². The van der Waals surface area contributed by atoms with Gasteiger partial charge in [0.25, 0.3) is 0 Å². The molecule has 4 heteroatoms. The average molecular weight is 270 g/mol. The van der Waals surface area contributed by atoms with E-state index in [1.165, 1.54) is 24.8 Å². The lowest BCUT2D eigenvalue weighted by atomic mass is 9.80. The topological polar surface area (TPSA) is 42.7 Å². The zero-order chi connectivity index (χ0) is 13.8. The molecule has 0 saturated heterocycles. The maximum atomic E-state index is 4.23. The third-order valence-electron chi connectivity index (χ3n) is 4.36. The first-order valence-electron chi connectivity index (χ1n) is 7.46. The van der Waals surface area contributed by atoms with E-state index < -0.39 is 0 Å². The normalized spacial score (nSPS) is 18.4. The molecule has 1 aromatic carbocycles. The van der Waals surface area contributed by atoms with Crippen LogP contribution in [0.5, 0.6) is 0 Å². The molecule has 0 amide bonds. The Morgan fingerprint density at radius 1 is 1.30 bits per heavy atom. The molecule has 0 radical (unpaired) electrons. The van der Waals surface area contributed by atoms with Gasteiger partial charge in [-0.2, -0.15) is 5.10 Å². The zero-order valence-electron chi connectivity index (χ0n) is 11.9. The lowest BCUT2D eigenvalue weighted by molar-refractivity contribution is 0.220. The Hall–Kier alpha value is -1.68. The number of nitrogens with one attached hydrogen (secondary N) is 1. The number of benzene rings is 1. The van der Waals surface area contributed by atoms with Crippen LogP contribution in [0.15, 0.2) is 43.0 Å². The van der Waals surface area contributed by atoms with Crippen LogP contribution in [0, 0.1) is 5.92 Å². The molecule has 4 nitrogen and oxygen atoms in total. The number of hydrogen-bond donors (Lipinski definition) is 1. The lowest BCUT2D eigenvalue weighted by Crippen LogP contribution is -2.40. The molecule has 20 heavy (non-hydrogen) atoms. The molecule has 1 aliphatic carbocycles. The average Bonchev–Trinajstić information content (AvgIpc) is 2.90. The largest absolute Gasteiger partial charge is 0.306 e. The number of hydrogen-bond acceptors (Lipinski definition) is 3. The second-order valence-corrected chi connectivity index (χ2v) is 5.73. The number of nitrogens with zero attached hydrogens (tertiary/aromatic N) is 3. The van der Waals surface area contributed by atoms with E-state index in [1.807, 2.05) is 4.68 Å². The third kappa shape index (κ3) is 3.07. The van der Waals surface area contributed by atoms with E-state index in [9.17, 15) is 0 Å². The van der Waals surface area contributed by atoms with Gasteiger partial charge in [-0.05, 0) is 31.2 Å². The van der Waals surface area contributed by atoms with Crippen molar-refractivity contribution in [3.63, 3.8) is 0 Å². The maximum absolute atomic E-state index is 4.23. The van der Waals surface area contributed by atoms with Crippen molar-refractivity contribution in [2.75, 3.05) is 0 Å². The summed E-state index contributed by atoms with van der Waals surface area (Å²) in [5.74, 6) is 0.831. The van der Waals surface area contributed by atoms with Crippen molar-refractivity contribution in [1.82, 2.24) is 20.1 Å². The summed E-state index contributed by atoms with van der Waals surface area (Å²) >= 11 is 0. The van der Waals surface area contributed by atoms with E-state index in [2.05, 4.69) is 52.7 Å². The second-order valence-electron chi connectivity index (χ2n) is 5.73. The molecule has 1 saturated carbocycles. The van der Waals surface area contributed by atoms with Crippen molar-refractivity contribution in [2.45, 2.75) is 44.8 Å². The Morgan fingerprint density at radius 2 is 2.10 bits per heavy atom. The van der Waals surface area contributed by atoms with Crippen LogP contribution in [-0.4, -0.2) is 20.8 Å². The third-order valence-corrected chi connectivity index (χ3v) is 4.36. The predicted molar refractivity (Wildman–Crippen MR) is 79.1 cm³/mol. The van der Waals surface area contributed by atoms with Gasteiger partial charge in [0.15, 0.2) is 0 Å². The summed E-state index contributed by atoms with van der Waals surface area (Å²) in [5.41, 5.74) is 1.31. The van der Waals surface area contributed by atoms with Gasteiger partial charge >= 0.3 is 0 Å². The molecule has 1 aromatic heterocycles. The summed E-state index contributed by atoms with van der Waals surface area (Å²) in [6, 6.07) is 11.5. The molecule has 106 valence electrons. The summed E-state index contributed by atoms with van der Waals surface area (Å²) < 4.78 is 1.90. The molecular formula is C16H22N4. The van der Waals surface area contributed by atoms with Crippen molar-refractivity contribution < 1.29 is 0 Å². The van der Waals surface area contributed by atoms with Gasteiger partial charge in [-0.3, -0.25) is 4.68 Å². The summed E-state index contributed by atoms with van der Waals surface area (Å²) in [5, 5.41) is 8.02. The van der Waals surface area contributed by atoms with Crippen LogP contribution in [0.4, 0.5) is 0 Å². The highest BCUT2D eigenvalue weighted by Gasteiger charge is 2.26. The fraction of sp³-hybridized carbons (Fsp3) is 0.500. The van der Waals surface area contributed by atoms with Crippen LogP contribution in [0.25, 0.3) is 0 Å². The van der Waals surface area contributed by atoms with E-state index >= 15 is 0 Å². The van der Waals surface area contributed by atoms with Crippen molar-refractivity contribution in [3.05, 3.63) is 48.5 Å². The molecule has 1 N–H and O–H groups in total. The van der Waals surface area contributed by atoms with E-state index in [0.29, 0.717) is 6.04 Å². The molecule has 0 aliphatic heterocycles. The molecule has 0 unspecified atom stereocenters. The van der Waals surface area contributed by atoms with Gasteiger partial charge in [0.2, 0.25) is 0 Å². The summed E-state index contributed by atoms with van der Waals surface area (Å²) in [6.45, 7) is 3.13. The molecule has 0 bridgehead atoms. The van der Waals surface area contributed by atoms with Gasteiger partial charge in [0.1, 0.15) is 12.7 Å². The minimum atomic E-state index is 0.286. The van der Waals surface area contributed by atoms with Gasteiger partial charge in [-0.1, -0.05) is 36.8 Å². The first-order chi connectivity index (χ1) is 9.83. The van der Waals surface area contributed by atoms with Crippen molar-refractivity contribution >= 4 is 0 Å². The first kappa shape index (κ1) is 13.3. The van der Waals surface area contributed by atoms with Crippen LogP contribution in [-0.2, 0) is 6.54 Å². The first-order valence-corrected chi connectivity index (χ1v) is 7.46. The van der Waals surface area contributed by atoms with E-state index in [4.69, 9.17) is 0 Å². The smallest absolute Gasteiger partial charge is 0.137 e. The minimum Gasteiger partial charge on any atom is -0.306 e. The zero-order valence-corrected chi connectivity index (χ0v) is 11.9. The summed E-state index contributed by atoms with van der Waals surface area (Å²) in [4.78, 5) is 4.03. The van der Waals surface area contributed by atoms with Crippen LogP contribution in [0.3, 0.4) is 0 Å². The van der Waals surface area contributed by atoms with Crippen LogP contribution in [0.2, 0.25) is 0 Å². The Morgan fingerprint density at radius 3 is 2.70 bits per heavy atom. The summed E-state index contributed by atoms with van der Waals surface area (Å²) in [7, 11) is 0. The SMILES string of the molecule is C[C@@H](N[C@@H](Cn1cncn1)c1ccccc1)C1CCC1. The van der Waals surface area contributed by atoms with E-state index in [0.717, 1.165) is 12.5 Å². The molecule has 2 atom stereocenters. The minimum absolute atomic E-state index is 0.286. The monoisotopic (exact) mass is 270 g/mol. The van der Waals surface area contributed by atoms with Gasteiger partial charge in [-0.25, -0.2) is 4.98 Å². The molecular weight excluding hydrogens is 248 g/mol. The maximum Gasteiger partial charge on any atom is 0.137 e. The second kappa shape index (κ2) is 6.18. The Bertz CT molecular complexity index is 505. The van der Waals surface area contributed by atoms with Gasteiger partial charge in [-0.15, -0.1) is 0 Å². The quantitative estimate of drug-likeness (QED) is 0.877. The van der Waals surface area contributed by atoms with Crippen molar-refractivity contribution in [1.29, 1.82) is 0 Å². The van der Waals surface area contributed by atoms with E-state index in [-0.39, 0.29) is 6.04 Å². The highest BCUT2D eigenvalue weighted by molar-refractivity contribution is 5.19. The predicted octanol–water partition coefficient (Wildman–Crippen LogP) is 2.80. The van der Waals surface area contributed by atoms with Crippen LogP contribution >= 0.6 is 0 Å². The van der Waals surface area contributed by atoms with Gasteiger partial charge < -0.3 is 5.32 Å². The van der Waals surface area contributed by atoms with Crippen LogP contribution in [0.1, 0.15) is 37.8 Å². The standard InChI is InChI=1S/C16H22N4/c1-13(14-8-5-9-14)19-16(10-20-12-17-11-18-20)15-6-3-2-4-7-15/h2-4,6-7,11-14,16,19H,5,8-10H2,1H3/t13-,16+/m1/s1. The molecule has 1 aliphatic rings. The number of rotatable bonds is 6. The Labute approximate surface area is 120 Å². The molecule has 1 heterocycles. The van der Waals surface area contributed by atoms with E-state index in [1.54, 1.807) is 12.7 Å². The molecule has 2 aromatic rings. The molecule has 0 spiro atoms. The van der Waals surface area contributed by atoms with Gasteiger partial charge in [0.05, 0.1) is 12.6 Å². The summed E-state index contributed by atoms with van der Waals surface area (Å²) in [6.07, 6.45) is 7.48. The Kier molecular flexibility index (Phi) is 4.11. The highest BCUT2D eigenvalue weighted by atomic mass is 15.3.